The van der Waals surface area contributed by atoms with E-state index in [1.165, 1.54) is 0 Å². The number of nitrogens with one attached hydrogen (secondary N) is 2. The maximum Gasteiger partial charge on any atom is 0.255 e. The number of fused-ring (bicyclic) bond motifs is 1. The zero-order chi connectivity index (χ0) is 17.2. The molecule has 0 radical (unpaired) electrons. The predicted molar refractivity (Wildman–Crippen MR) is 95.2 cm³/mol. The van der Waals surface area contributed by atoms with Crippen molar-refractivity contribution < 1.29 is 9.59 Å². The SMILES string of the molecule is O=C(Nc1ccc(-c2ccccc2)c2c1C(=O)NC2)c1ccncc1. The number of hydrogen-bond acceptors (Lipinski definition) is 3. The summed E-state index contributed by atoms with van der Waals surface area (Å²) < 4.78 is 0. The second-order valence-electron chi connectivity index (χ2n) is 5.75. The monoisotopic (exact) mass is 329 g/mol. The molecule has 1 aliphatic rings. The van der Waals surface area contributed by atoms with Crippen molar-refractivity contribution in [2.45, 2.75) is 6.54 Å². The molecule has 2 heterocycles. The van der Waals surface area contributed by atoms with Gasteiger partial charge in [-0.05, 0) is 34.9 Å². The highest BCUT2D eigenvalue weighted by Crippen LogP contribution is 2.34. The Kier molecular flexibility index (Phi) is 3.74. The number of carbonyl (C=O) groups is 2. The van der Waals surface area contributed by atoms with Crippen LogP contribution in [0, 0.1) is 0 Å². The predicted octanol–water partition coefficient (Wildman–Crippen LogP) is 3.24. The summed E-state index contributed by atoms with van der Waals surface area (Å²) in [6.07, 6.45) is 3.12. The standard InChI is InChI=1S/C20H15N3O2/c24-19(14-8-10-21-11-9-14)23-17-7-6-15(13-4-2-1-3-5-13)16-12-22-20(25)18(16)17/h1-11H,12H2,(H,22,25)(H,23,24). The van der Waals surface area contributed by atoms with Crippen LogP contribution < -0.4 is 10.6 Å². The van der Waals surface area contributed by atoms with Crippen molar-refractivity contribution in [1.29, 1.82) is 0 Å². The van der Waals surface area contributed by atoms with E-state index in [1.54, 1.807) is 30.6 Å². The summed E-state index contributed by atoms with van der Waals surface area (Å²) in [5, 5.41) is 5.69. The molecule has 1 aromatic heterocycles. The van der Waals surface area contributed by atoms with E-state index in [2.05, 4.69) is 15.6 Å². The van der Waals surface area contributed by atoms with Crippen LogP contribution in [-0.4, -0.2) is 16.8 Å². The molecule has 25 heavy (non-hydrogen) atoms. The molecule has 122 valence electrons. The van der Waals surface area contributed by atoms with Crippen LogP contribution in [-0.2, 0) is 6.54 Å². The second kappa shape index (κ2) is 6.20. The number of amides is 2. The Morgan fingerprint density at radius 3 is 2.52 bits per heavy atom. The van der Waals surface area contributed by atoms with Crippen molar-refractivity contribution in [2.24, 2.45) is 0 Å². The number of benzene rings is 2. The lowest BCUT2D eigenvalue weighted by Crippen LogP contribution is -2.17. The van der Waals surface area contributed by atoms with Crippen molar-refractivity contribution in [3.8, 4) is 11.1 Å². The van der Waals surface area contributed by atoms with E-state index in [4.69, 9.17) is 0 Å². The van der Waals surface area contributed by atoms with Gasteiger partial charge in [0.2, 0.25) is 0 Å². The lowest BCUT2D eigenvalue weighted by atomic mass is 9.95. The topological polar surface area (TPSA) is 71.1 Å². The molecule has 0 atom stereocenters. The van der Waals surface area contributed by atoms with E-state index in [-0.39, 0.29) is 11.8 Å². The van der Waals surface area contributed by atoms with Crippen molar-refractivity contribution in [2.75, 3.05) is 5.32 Å². The number of nitrogens with zero attached hydrogens (tertiary/aromatic N) is 1. The van der Waals surface area contributed by atoms with Gasteiger partial charge in [-0.2, -0.15) is 0 Å². The molecule has 2 N–H and O–H groups in total. The Balaban J connectivity index is 1.74. The van der Waals surface area contributed by atoms with Crippen molar-refractivity contribution >= 4 is 17.5 Å². The summed E-state index contributed by atoms with van der Waals surface area (Å²) in [6.45, 7) is 0.456. The highest BCUT2D eigenvalue weighted by atomic mass is 16.2. The zero-order valence-electron chi connectivity index (χ0n) is 13.3. The van der Waals surface area contributed by atoms with Gasteiger partial charge in [-0.15, -0.1) is 0 Å². The van der Waals surface area contributed by atoms with Crippen LogP contribution in [0.3, 0.4) is 0 Å². The fourth-order valence-corrected chi connectivity index (χ4v) is 3.04. The summed E-state index contributed by atoms with van der Waals surface area (Å²) in [7, 11) is 0. The van der Waals surface area contributed by atoms with Gasteiger partial charge in [-0.1, -0.05) is 36.4 Å². The Morgan fingerprint density at radius 2 is 1.76 bits per heavy atom. The van der Waals surface area contributed by atoms with E-state index in [9.17, 15) is 9.59 Å². The summed E-state index contributed by atoms with van der Waals surface area (Å²) >= 11 is 0. The maximum absolute atomic E-state index is 12.4. The number of aromatic nitrogens is 1. The van der Waals surface area contributed by atoms with Crippen molar-refractivity contribution in [1.82, 2.24) is 10.3 Å². The molecule has 0 spiro atoms. The lowest BCUT2D eigenvalue weighted by molar-refractivity contribution is 0.0966. The molecule has 2 amide bonds. The lowest BCUT2D eigenvalue weighted by Gasteiger charge is -2.12. The Morgan fingerprint density at radius 1 is 1.00 bits per heavy atom. The zero-order valence-corrected chi connectivity index (χ0v) is 13.3. The van der Waals surface area contributed by atoms with E-state index in [0.29, 0.717) is 23.4 Å². The number of pyridine rings is 1. The normalized spacial score (nSPS) is 12.4. The van der Waals surface area contributed by atoms with E-state index in [1.807, 2.05) is 36.4 Å². The third-order valence-corrected chi connectivity index (χ3v) is 4.24. The second-order valence-corrected chi connectivity index (χ2v) is 5.75. The maximum atomic E-state index is 12.4. The fourth-order valence-electron chi connectivity index (χ4n) is 3.04. The van der Waals surface area contributed by atoms with Gasteiger partial charge < -0.3 is 10.6 Å². The molecule has 5 heteroatoms. The van der Waals surface area contributed by atoms with Gasteiger partial charge in [0.1, 0.15) is 0 Å². The molecule has 3 aromatic rings. The molecule has 0 fully saturated rings. The van der Waals surface area contributed by atoms with Crippen molar-refractivity contribution in [3.63, 3.8) is 0 Å². The Bertz CT molecular complexity index is 953. The van der Waals surface area contributed by atoms with E-state index < -0.39 is 0 Å². The van der Waals surface area contributed by atoms with Gasteiger partial charge in [-0.25, -0.2) is 0 Å². The molecule has 0 aliphatic carbocycles. The van der Waals surface area contributed by atoms with Gasteiger partial charge in [0.05, 0.1) is 11.3 Å². The first-order valence-electron chi connectivity index (χ1n) is 7.95. The minimum atomic E-state index is -0.267. The average molecular weight is 329 g/mol. The summed E-state index contributed by atoms with van der Waals surface area (Å²) in [6, 6.07) is 16.9. The van der Waals surface area contributed by atoms with Gasteiger partial charge in [0, 0.05) is 24.5 Å². The van der Waals surface area contributed by atoms with Crippen LogP contribution in [0.15, 0.2) is 67.0 Å². The minimum absolute atomic E-state index is 0.169. The third-order valence-electron chi connectivity index (χ3n) is 4.24. The molecular weight excluding hydrogens is 314 g/mol. The molecule has 0 unspecified atom stereocenters. The van der Waals surface area contributed by atoms with Gasteiger partial charge >= 0.3 is 0 Å². The van der Waals surface area contributed by atoms with Crippen LogP contribution in [0.5, 0.6) is 0 Å². The Labute approximate surface area is 144 Å². The van der Waals surface area contributed by atoms with Gasteiger partial charge in [-0.3, -0.25) is 14.6 Å². The van der Waals surface area contributed by atoms with Crippen LogP contribution >= 0.6 is 0 Å². The molecule has 0 bridgehead atoms. The number of anilines is 1. The molecule has 0 saturated carbocycles. The van der Waals surface area contributed by atoms with Crippen LogP contribution in [0.25, 0.3) is 11.1 Å². The van der Waals surface area contributed by atoms with Crippen LogP contribution in [0.4, 0.5) is 5.69 Å². The Hall–Kier alpha value is -3.47. The summed E-state index contributed by atoms with van der Waals surface area (Å²) in [5.41, 5.74) is 4.49. The van der Waals surface area contributed by atoms with Crippen molar-refractivity contribution in [3.05, 3.63) is 83.7 Å². The first-order chi connectivity index (χ1) is 12.2. The van der Waals surface area contributed by atoms with Crippen LogP contribution in [0.2, 0.25) is 0 Å². The summed E-state index contributed by atoms with van der Waals surface area (Å²) in [4.78, 5) is 28.6. The molecule has 1 aliphatic heterocycles. The fraction of sp³-hybridized carbons (Fsp3) is 0.0500. The van der Waals surface area contributed by atoms with Crippen LogP contribution in [0.1, 0.15) is 26.3 Å². The third kappa shape index (κ3) is 2.76. The highest BCUT2D eigenvalue weighted by Gasteiger charge is 2.26. The molecule has 0 saturated heterocycles. The van der Waals surface area contributed by atoms with E-state index >= 15 is 0 Å². The summed E-state index contributed by atoms with van der Waals surface area (Å²) in [5.74, 6) is -0.436. The molecule has 5 nitrogen and oxygen atoms in total. The smallest absolute Gasteiger partial charge is 0.255 e. The average Bonchev–Trinajstić information content (AvgIpc) is 3.06. The number of hydrogen-bond donors (Lipinski definition) is 2. The quantitative estimate of drug-likeness (QED) is 0.775. The number of rotatable bonds is 3. The molecule has 4 rings (SSSR count). The molecule has 2 aromatic carbocycles. The molecular formula is C20H15N3O2. The first kappa shape index (κ1) is 15.1. The minimum Gasteiger partial charge on any atom is -0.348 e. The van der Waals surface area contributed by atoms with Gasteiger partial charge in [0.25, 0.3) is 11.8 Å². The number of carbonyl (C=O) groups excluding carboxylic acids is 2. The first-order valence-corrected chi connectivity index (χ1v) is 7.95. The van der Waals surface area contributed by atoms with E-state index in [0.717, 1.165) is 16.7 Å². The highest BCUT2D eigenvalue weighted by molar-refractivity contribution is 6.11. The van der Waals surface area contributed by atoms with Gasteiger partial charge in [0.15, 0.2) is 0 Å². The largest absolute Gasteiger partial charge is 0.348 e.